The van der Waals surface area contributed by atoms with Crippen molar-refractivity contribution in [2.75, 3.05) is 22.2 Å². The van der Waals surface area contributed by atoms with Crippen molar-refractivity contribution >= 4 is 72.1 Å². The van der Waals surface area contributed by atoms with Gasteiger partial charge < -0.3 is 16.4 Å². The predicted octanol–water partition coefficient (Wildman–Crippen LogP) is 2.46. The second kappa shape index (κ2) is 9.24. The summed E-state index contributed by atoms with van der Waals surface area (Å²) in [5.74, 6) is -2.73. The van der Waals surface area contributed by atoms with E-state index in [1.54, 1.807) is 0 Å². The third kappa shape index (κ3) is 4.80. The lowest BCUT2D eigenvalue weighted by Gasteiger charge is -2.23. The Morgan fingerprint density at radius 3 is 1.95 bits per heavy atom. The van der Waals surface area contributed by atoms with Crippen LogP contribution in [0.15, 0.2) is 58.3 Å². The molecule has 0 spiro atoms. The van der Waals surface area contributed by atoms with Crippen LogP contribution in [0.1, 0.15) is 31.8 Å². The molecule has 0 aromatic heterocycles. The zero-order chi connectivity index (χ0) is 27.3. The van der Waals surface area contributed by atoms with Gasteiger partial charge in [0.2, 0.25) is 5.91 Å². The van der Waals surface area contributed by atoms with Gasteiger partial charge in [-0.2, -0.15) is 16.8 Å². The number of fused-ring (bicyclic) bond motifs is 2. The van der Waals surface area contributed by atoms with Crippen molar-refractivity contribution in [2.24, 2.45) is 0 Å². The van der Waals surface area contributed by atoms with Crippen molar-refractivity contribution in [1.29, 1.82) is 0 Å². The zero-order valence-corrected chi connectivity index (χ0v) is 20.7. The number of hydrogen-bond donors (Lipinski definition) is 5. The first-order valence-electron chi connectivity index (χ1n) is 10.1. The van der Waals surface area contributed by atoms with E-state index in [-0.39, 0.29) is 33.8 Å². The average Bonchev–Trinajstić information content (AvgIpc) is 2.82. The lowest BCUT2D eigenvalue weighted by molar-refractivity contribution is -0.113. The normalized spacial score (nSPS) is 13.1. The first-order valence-corrected chi connectivity index (χ1v) is 13.5. The van der Waals surface area contributed by atoms with Gasteiger partial charge in [-0.1, -0.05) is 24.3 Å². The number of benzene rings is 3. The Morgan fingerprint density at radius 2 is 1.41 bits per heavy atom. The van der Waals surface area contributed by atoms with Gasteiger partial charge >= 0.3 is 0 Å². The fourth-order valence-corrected chi connectivity index (χ4v) is 5.25. The monoisotopic (exact) mass is 565 g/mol. The Balaban J connectivity index is 1.95. The second-order valence-electron chi connectivity index (χ2n) is 7.76. The number of alkyl halides is 1. The molecule has 0 atom stereocenters. The molecule has 12 nitrogen and oxygen atoms in total. The van der Waals surface area contributed by atoms with E-state index in [9.17, 15) is 40.3 Å². The van der Waals surface area contributed by atoms with E-state index in [1.807, 2.05) is 0 Å². The Morgan fingerprint density at radius 1 is 0.838 bits per heavy atom. The van der Waals surface area contributed by atoms with Crippen LogP contribution in [0.25, 0.3) is 0 Å². The molecule has 0 fully saturated rings. The highest BCUT2D eigenvalue weighted by Crippen LogP contribution is 2.40. The maximum Gasteiger partial charge on any atom is 0.296 e. The molecule has 15 heteroatoms. The van der Waals surface area contributed by atoms with Gasteiger partial charge in [-0.3, -0.25) is 23.5 Å². The smallest absolute Gasteiger partial charge is 0.296 e. The summed E-state index contributed by atoms with van der Waals surface area (Å²) in [6.07, 6.45) is 0. The van der Waals surface area contributed by atoms with Crippen molar-refractivity contribution in [3.63, 3.8) is 0 Å². The highest BCUT2D eigenvalue weighted by atomic mass is 35.5. The maximum atomic E-state index is 13.4. The topological polar surface area (TPSA) is 210 Å². The van der Waals surface area contributed by atoms with Crippen LogP contribution in [0.4, 0.5) is 22.7 Å². The summed E-state index contributed by atoms with van der Waals surface area (Å²) in [4.78, 5) is 36.6. The summed E-state index contributed by atoms with van der Waals surface area (Å²) in [5, 5.41) is 4.84. The van der Waals surface area contributed by atoms with E-state index < -0.39 is 64.6 Å². The van der Waals surface area contributed by atoms with Gasteiger partial charge in [0.15, 0.2) is 11.6 Å². The van der Waals surface area contributed by atoms with E-state index in [2.05, 4.69) is 10.6 Å². The largest absolute Gasteiger partial charge is 0.397 e. The third-order valence-electron chi connectivity index (χ3n) is 5.41. The quantitative estimate of drug-likeness (QED) is 0.130. The Labute approximate surface area is 214 Å². The highest BCUT2D eigenvalue weighted by molar-refractivity contribution is 7.86. The number of nitrogens with one attached hydrogen (secondary N) is 2. The number of hydrogen-bond acceptors (Lipinski definition) is 9. The van der Waals surface area contributed by atoms with Crippen molar-refractivity contribution in [3.8, 4) is 0 Å². The minimum atomic E-state index is -4.98. The zero-order valence-electron chi connectivity index (χ0n) is 18.3. The molecule has 192 valence electrons. The molecule has 1 aliphatic rings. The van der Waals surface area contributed by atoms with Crippen LogP contribution < -0.4 is 16.4 Å². The molecule has 3 aromatic carbocycles. The minimum absolute atomic E-state index is 0.0137. The first kappa shape index (κ1) is 26.2. The van der Waals surface area contributed by atoms with Crippen LogP contribution >= 0.6 is 11.6 Å². The molecule has 0 saturated carbocycles. The average molecular weight is 566 g/mol. The van der Waals surface area contributed by atoms with Gasteiger partial charge in [-0.15, -0.1) is 11.6 Å². The van der Waals surface area contributed by atoms with Gasteiger partial charge in [0.25, 0.3) is 20.2 Å². The molecular weight excluding hydrogens is 550 g/mol. The van der Waals surface area contributed by atoms with Crippen molar-refractivity contribution in [2.45, 2.75) is 9.79 Å². The number of nitrogen functional groups attached to an aromatic ring is 1. The molecule has 0 heterocycles. The highest BCUT2D eigenvalue weighted by Gasteiger charge is 2.36. The summed E-state index contributed by atoms with van der Waals surface area (Å²) in [7, 11) is -9.87. The molecule has 6 N–H and O–H groups in total. The number of rotatable bonds is 6. The maximum absolute atomic E-state index is 13.4. The van der Waals surface area contributed by atoms with Gasteiger partial charge in [0, 0.05) is 16.8 Å². The summed E-state index contributed by atoms with van der Waals surface area (Å²) in [6, 6.07) is 9.81. The Bertz CT molecular complexity index is 1740. The lowest BCUT2D eigenvalue weighted by atomic mass is 9.82. The van der Waals surface area contributed by atoms with E-state index in [1.165, 1.54) is 30.3 Å². The van der Waals surface area contributed by atoms with Gasteiger partial charge in [-0.05, 0) is 24.3 Å². The predicted molar refractivity (Wildman–Crippen MR) is 133 cm³/mol. The summed E-state index contributed by atoms with van der Waals surface area (Å²) >= 11 is 5.42. The number of amides is 1. The van der Waals surface area contributed by atoms with E-state index in [0.717, 1.165) is 18.2 Å². The summed E-state index contributed by atoms with van der Waals surface area (Å²) in [6.45, 7) is 0. The second-order valence-corrected chi connectivity index (χ2v) is 10.8. The molecule has 37 heavy (non-hydrogen) atoms. The summed E-state index contributed by atoms with van der Waals surface area (Å²) < 4.78 is 67.3. The minimum Gasteiger partial charge on any atom is -0.397 e. The molecule has 0 saturated heterocycles. The van der Waals surface area contributed by atoms with Crippen LogP contribution in [0.3, 0.4) is 0 Å². The molecule has 4 rings (SSSR count). The number of carbonyl (C=O) groups is 3. The van der Waals surface area contributed by atoms with Crippen LogP contribution in [-0.2, 0) is 25.0 Å². The lowest BCUT2D eigenvalue weighted by Crippen LogP contribution is -2.25. The van der Waals surface area contributed by atoms with Gasteiger partial charge in [0.1, 0.15) is 15.7 Å². The van der Waals surface area contributed by atoms with Crippen molar-refractivity contribution < 1.29 is 40.3 Å². The van der Waals surface area contributed by atoms with Crippen LogP contribution in [0.2, 0.25) is 0 Å². The molecular formula is C22H16ClN3O9S2. The van der Waals surface area contributed by atoms with E-state index in [0.29, 0.717) is 0 Å². The first-order chi connectivity index (χ1) is 17.2. The van der Waals surface area contributed by atoms with Crippen LogP contribution in [0.5, 0.6) is 0 Å². The van der Waals surface area contributed by atoms with Crippen LogP contribution in [0, 0.1) is 0 Å². The van der Waals surface area contributed by atoms with E-state index >= 15 is 0 Å². The fourth-order valence-electron chi connectivity index (χ4n) is 3.86. The molecule has 3 aromatic rings. The van der Waals surface area contributed by atoms with Gasteiger partial charge in [0.05, 0.1) is 28.2 Å². The molecule has 0 bridgehead atoms. The summed E-state index contributed by atoms with van der Waals surface area (Å²) in [5.41, 5.74) is 3.75. The molecule has 0 aliphatic heterocycles. The number of halogens is 1. The Kier molecular flexibility index (Phi) is 6.56. The number of carbonyl (C=O) groups excluding carboxylic acids is 3. The van der Waals surface area contributed by atoms with Crippen LogP contribution in [-0.4, -0.2) is 49.3 Å². The fraction of sp³-hybridized carbons (Fsp3) is 0.0455. The SMILES string of the molecule is Nc1c(S(=O)(=O)O)cc(Nc2ccc(NC(=O)CCl)c(S(=O)(=O)O)c2)c2c1C(=O)c1ccccc1C2=O. The number of anilines is 4. The van der Waals surface area contributed by atoms with Gasteiger partial charge in [-0.25, -0.2) is 0 Å². The van der Waals surface area contributed by atoms with Crippen molar-refractivity contribution in [3.05, 3.63) is 70.8 Å². The number of nitrogens with two attached hydrogens (primary N) is 1. The van der Waals surface area contributed by atoms with Crippen molar-refractivity contribution in [1.82, 2.24) is 0 Å². The van der Waals surface area contributed by atoms with E-state index in [4.69, 9.17) is 17.3 Å². The third-order valence-corrected chi connectivity index (χ3v) is 7.44. The Hall–Kier alpha value is -3.82. The molecule has 0 radical (unpaired) electrons. The molecule has 0 unspecified atom stereocenters. The molecule has 1 amide bonds. The number of ketones is 2. The molecule has 1 aliphatic carbocycles. The standard InChI is InChI=1S/C22H16ClN3O9S2/c23-9-17(27)26-13-6-5-10(7-15(13)36(30,31)32)25-14-8-16(37(33,34)35)20(24)19-18(14)21(28)11-3-1-2-4-12(11)22(19)29/h1-8,25H,9,24H2,(H,26,27)(H,30,31,32)(H,33,34,35).